The number of nitro groups is 1. The largest absolute Gasteiger partial charge is 0.497 e. The summed E-state index contributed by atoms with van der Waals surface area (Å²) in [6.45, 7) is 2.21. The highest BCUT2D eigenvalue weighted by Crippen LogP contribution is 2.34. The van der Waals surface area contributed by atoms with Gasteiger partial charge in [-0.1, -0.05) is 18.2 Å². The molecule has 11 nitrogen and oxygen atoms in total. The molecular weight excluding hydrogens is 514 g/mol. The Morgan fingerprint density at radius 2 is 1.60 bits per heavy atom. The molecule has 1 aromatic heterocycles. The fraction of sp³-hybridized carbons (Fsp3) is 0.241. The number of nitro benzene ring substituents is 1. The van der Waals surface area contributed by atoms with Gasteiger partial charge in [0, 0.05) is 49.9 Å². The van der Waals surface area contributed by atoms with Crippen LogP contribution in [0.3, 0.4) is 0 Å². The Bertz CT molecular complexity index is 1540. The Balaban J connectivity index is 1.50. The second-order valence-corrected chi connectivity index (χ2v) is 9.12. The first-order valence-electron chi connectivity index (χ1n) is 12.7. The minimum absolute atomic E-state index is 0.0969. The van der Waals surface area contributed by atoms with E-state index in [1.807, 2.05) is 24.3 Å². The number of hydrogen-bond donors (Lipinski definition) is 0. The minimum atomic E-state index is -0.473. The van der Waals surface area contributed by atoms with Crippen molar-refractivity contribution in [3.05, 3.63) is 88.6 Å². The summed E-state index contributed by atoms with van der Waals surface area (Å²) in [5.41, 5.74) is 2.72. The summed E-state index contributed by atoms with van der Waals surface area (Å²) in [7, 11) is 4.75. The van der Waals surface area contributed by atoms with Gasteiger partial charge in [0.1, 0.15) is 22.9 Å². The highest BCUT2D eigenvalue weighted by atomic mass is 16.6. The van der Waals surface area contributed by atoms with Gasteiger partial charge in [0.15, 0.2) is 0 Å². The van der Waals surface area contributed by atoms with E-state index in [4.69, 9.17) is 19.3 Å². The normalized spacial score (nSPS) is 13.2. The number of piperazine rings is 1. The fourth-order valence-corrected chi connectivity index (χ4v) is 4.81. The van der Waals surface area contributed by atoms with E-state index in [0.717, 1.165) is 11.4 Å². The van der Waals surface area contributed by atoms with E-state index in [2.05, 4.69) is 4.90 Å². The van der Waals surface area contributed by atoms with Crippen LogP contribution in [0.5, 0.6) is 17.2 Å². The molecule has 0 radical (unpaired) electrons. The number of benzene rings is 3. The first-order valence-corrected chi connectivity index (χ1v) is 12.7. The van der Waals surface area contributed by atoms with Crippen molar-refractivity contribution in [1.29, 1.82) is 0 Å². The molecule has 0 spiro atoms. The standard InChI is InChI=1S/C29H29N5O6/c1-38-22-11-12-23(28(18-22)40-3)24-19-26(33(30-24)20-7-6-8-21(17-20)34(36)37)29(35)32-15-13-31(14-16-32)25-9-4-5-10-27(25)39-2/h4-12,17-19H,13-16H2,1-3H3. The van der Waals surface area contributed by atoms with Crippen LogP contribution in [-0.4, -0.2) is 73.0 Å². The average Bonchev–Trinajstić information content (AvgIpc) is 3.45. The Morgan fingerprint density at radius 3 is 2.30 bits per heavy atom. The van der Waals surface area contributed by atoms with Gasteiger partial charge in [-0.2, -0.15) is 5.10 Å². The zero-order chi connectivity index (χ0) is 28.2. The van der Waals surface area contributed by atoms with E-state index in [1.54, 1.807) is 62.6 Å². The van der Waals surface area contributed by atoms with E-state index in [1.165, 1.54) is 16.8 Å². The van der Waals surface area contributed by atoms with Gasteiger partial charge in [0.25, 0.3) is 11.6 Å². The lowest BCUT2D eigenvalue weighted by Gasteiger charge is -2.36. The van der Waals surface area contributed by atoms with E-state index in [-0.39, 0.29) is 11.6 Å². The maximum atomic E-state index is 13.9. The first kappa shape index (κ1) is 26.5. The van der Waals surface area contributed by atoms with Crippen molar-refractivity contribution in [2.75, 3.05) is 52.4 Å². The number of aromatic nitrogens is 2. The van der Waals surface area contributed by atoms with Gasteiger partial charge in [-0.3, -0.25) is 14.9 Å². The van der Waals surface area contributed by atoms with Crippen molar-refractivity contribution >= 4 is 17.3 Å². The Hall–Kier alpha value is -5.06. The first-order chi connectivity index (χ1) is 19.4. The molecule has 206 valence electrons. The molecule has 0 bridgehead atoms. The number of rotatable bonds is 8. The third-order valence-corrected chi connectivity index (χ3v) is 6.89. The molecule has 0 unspecified atom stereocenters. The lowest BCUT2D eigenvalue weighted by Crippen LogP contribution is -2.49. The minimum Gasteiger partial charge on any atom is -0.497 e. The van der Waals surface area contributed by atoms with E-state index in [0.29, 0.717) is 60.3 Å². The van der Waals surface area contributed by atoms with Crippen molar-refractivity contribution < 1.29 is 23.9 Å². The molecule has 1 aliphatic rings. The van der Waals surface area contributed by atoms with Gasteiger partial charge in [0.05, 0.1) is 43.3 Å². The van der Waals surface area contributed by atoms with E-state index in [9.17, 15) is 14.9 Å². The van der Waals surface area contributed by atoms with Gasteiger partial charge in [-0.25, -0.2) is 4.68 Å². The number of para-hydroxylation sites is 2. The molecule has 1 fully saturated rings. The number of carbonyl (C=O) groups excluding carboxylic acids is 1. The number of amides is 1. The quantitative estimate of drug-likeness (QED) is 0.237. The third kappa shape index (κ3) is 5.13. The van der Waals surface area contributed by atoms with E-state index < -0.39 is 4.92 Å². The van der Waals surface area contributed by atoms with Crippen molar-refractivity contribution in [2.24, 2.45) is 0 Å². The van der Waals surface area contributed by atoms with E-state index >= 15 is 0 Å². The fourth-order valence-electron chi connectivity index (χ4n) is 4.81. The van der Waals surface area contributed by atoms with Crippen LogP contribution in [-0.2, 0) is 0 Å². The van der Waals surface area contributed by atoms with Crippen LogP contribution in [0.25, 0.3) is 16.9 Å². The van der Waals surface area contributed by atoms with Crippen LogP contribution in [0.15, 0.2) is 72.8 Å². The number of hydrogen-bond acceptors (Lipinski definition) is 8. The SMILES string of the molecule is COc1ccc(-c2cc(C(=O)N3CCN(c4ccccc4OC)CC3)n(-c3cccc([N+](=O)[O-])c3)n2)c(OC)c1. The summed E-state index contributed by atoms with van der Waals surface area (Å²) in [5, 5.41) is 16.2. The Morgan fingerprint density at radius 1 is 0.850 bits per heavy atom. The van der Waals surface area contributed by atoms with Crippen molar-refractivity contribution in [3.63, 3.8) is 0 Å². The molecule has 3 aromatic carbocycles. The molecule has 0 N–H and O–H groups in total. The predicted molar refractivity (Wildman–Crippen MR) is 150 cm³/mol. The number of carbonyl (C=O) groups is 1. The molecular formula is C29H29N5O6. The smallest absolute Gasteiger partial charge is 0.272 e. The van der Waals surface area contributed by atoms with Gasteiger partial charge >= 0.3 is 0 Å². The maximum absolute atomic E-state index is 13.9. The number of non-ortho nitro benzene ring substituents is 1. The van der Waals surface area contributed by atoms with Gasteiger partial charge in [-0.15, -0.1) is 0 Å². The molecule has 0 atom stereocenters. The monoisotopic (exact) mass is 543 g/mol. The topological polar surface area (TPSA) is 112 Å². The molecule has 0 saturated carbocycles. The number of anilines is 1. The van der Waals surface area contributed by atoms with Crippen LogP contribution in [0.2, 0.25) is 0 Å². The molecule has 4 aromatic rings. The number of methoxy groups -OCH3 is 3. The van der Waals surface area contributed by atoms with Crippen LogP contribution >= 0.6 is 0 Å². The number of nitrogens with zero attached hydrogens (tertiary/aromatic N) is 5. The van der Waals surface area contributed by atoms with Crippen LogP contribution in [0.4, 0.5) is 11.4 Å². The zero-order valence-electron chi connectivity index (χ0n) is 22.4. The molecule has 1 saturated heterocycles. The number of ether oxygens (including phenoxy) is 3. The van der Waals surface area contributed by atoms with Crippen molar-refractivity contribution in [1.82, 2.24) is 14.7 Å². The Labute approximate surface area is 231 Å². The molecule has 40 heavy (non-hydrogen) atoms. The summed E-state index contributed by atoms with van der Waals surface area (Å²) >= 11 is 0. The summed E-state index contributed by atoms with van der Waals surface area (Å²) in [5.74, 6) is 1.69. The molecule has 1 amide bonds. The lowest BCUT2D eigenvalue weighted by molar-refractivity contribution is -0.384. The average molecular weight is 544 g/mol. The van der Waals surface area contributed by atoms with Gasteiger partial charge < -0.3 is 24.0 Å². The molecule has 11 heteroatoms. The van der Waals surface area contributed by atoms with Crippen LogP contribution < -0.4 is 19.1 Å². The van der Waals surface area contributed by atoms with Gasteiger partial charge in [-0.05, 0) is 36.4 Å². The van der Waals surface area contributed by atoms with Crippen LogP contribution in [0.1, 0.15) is 10.5 Å². The Kier molecular flexibility index (Phi) is 7.54. The summed E-state index contributed by atoms with van der Waals surface area (Å²) in [4.78, 5) is 28.9. The zero-order valence-corrected chi connectivity index (χ0v) is 22.4. The summed E-state index contributed by atoms with van der Waals surface area (Å²) < 4.78 is 17.9. The van der Waals surface area contributed by atoms with Crippen molar-refractivity contribution in [2.45, 2.75) is 0 Å². The molecule has 5 rings (SSSR count). The highest BCUT2D eigenvalue weighted by molar-refractivity contribution is 5.95. The third-order valence-electron chi connectivity index (χ3n) is 6.89. The summed E-state index contributed by atoms with van der Waals surface area (Å²) in [6.07, 6.45) is 0. The molecule has 0 aliphatic carbocycles. The predicted octanol–water partition coefficient (Wildman–Crippen LogP) is 4.44. The van der Waals surface area contributed by atoms with Crippen molar-refractivity contribution in [3.8, 4) is 34.2 Å². The second-order valence-electron chi connectivity index (χ2n) is 9.12. The maximum Gasteiger partial charge on any atom is 0.272 e. The lowest BCUT2D eigenvalue weighted by atomic mass is 10.1. The summed E-state index contributed by atoms with van der Waals surface area (Å²) in [6, 6.07) is 20.9. The van der Waals surface area contributed by atoms with Gasteiger partial charge in [0.2, 0.25) is 0 Å². The molecule has 2 heterocycles. The highest BCUT2D eigenvalue weighted by Gasteiger charge is 2.28. The molecule has 1 aliphatic heterocycles. The van der Waals surface area contributed by atoms with Crippen LogP contribution in [0, 0.1) is 10.1 Å². The second kappa shape index (κ2) is 11.4.